The van der Waals surface area contributed by atoms with E-state index in [9.17, 15) is 4.79 Å². The average molecular weight is 248 g/mol. The minimum Gasteiger partial charge on any atom is -0.497 e. The number of rotatable bonds is 9. The van der Waals surface area contributed by atoms with Gasteiger partial charge in [-0.3, -0.25) is 4.79 Å². The smallest absolute Gasteiger partial charge is 0.163 e. The number of ether oxygens (including phenoxy) is 1. The second kappa shape index (κ2) is 8.73. The lowest BCUT2D eigenvalue weighted by Crippen LogP contribution is -1.99. The molecule has 0 saturated heterocycles. The lowest BCUT2D eigenvalue weighted by atomic mass is 10.0. The predicted octanol–water partition coefficient (Wildman–Crippen LogP) is 4.63. The summed E-state index contributed by atoms with van der Waals surface area (Å²) < 4.78 is 5.12. The van der Waals surface area contributed by atoms with Crippen LogP contribution in [0.3, 0.4) is 0 Å². The van der Waals surface area contributed by atoms with E-state index in [-0.39, 0.29) is 5.78 Å². The van der Waals surface area contributed by atoms with Crippen LogP contribution in [0, 0.1) is 0 Å². The summed E-state index contributed by atoms with van der Waals surface area (Å²) in [6.45, 7) is 2.21. The molecule has 0 fully saturated rings. The number of methoxy groups -OCH3 is 1. The number of unbranched alkanes of at least 4 members (excludes halogenated alkanes) is 5. The monoisotopic (exact) mass is 248 g/mol. The molecule has 18 heavy (non-hydrogen) atoms. The van der Waals surface area contributed by atoms with Crippen LogP contribution in [0.15, 0.2) is 24.3 Å². The Hall–Kier alpha value is -1.31. The largest absolute Gasteiger partial charge is 0.497 e. The lowest BCUT2D eigenvalue weighted by molar-refractivity contribution is 0.0978. The highest BCUT2D eigenvalue weighted by Crippen LogP contribution is 2.16. The van der Waals surface area contributed by atoms with Crippen LogP contribution in [0.5, 0.6) is 5.75 Å². The highest BCUT2D eigenvalue weighted by atomic mass is 16.5. The Labute approximate surface area is 110 Å². The molecule has 0 amide bonds. The van der Waals surface area contributed by atoms with Gasteiger partial charge in [0.15, 0.2) is 5.78 Å². The Balaban J connectivity index is 2.27. The molecule has 1 aromatic rings. The number of hydrogen-bond acceptors (Lipinski definition) is 2. The third-order valence-electron chi connectivity index (χ3n) is 3.15. The van der Waals surface area contributed by atoms with Crippen LogP contribution in [-0.4, -0.2) is 12.9 Å². The molecule has 0 aromatic heterocycles. The first-order chi connectivity index (χ1) is 8.77. The van der Waals surface area contributed by atoms with Crippen molar-refractivity contribution in [1.82, 2.24) is 0 Å². The minimum absolute atomic E-state index is 0.226. The van der Waals surface area contributed by atoms with Gasteiger partial charge < -0.3 is 4.74 Å². The van der Waals surface area contributed by atoms with Crippen LogP contribution in [0.25, 0.3) is 0 Å². The number of Topliss-reactive ketones (excluding diaryl/α,β-unsaturated/α-hetero) is 1. The van der Waals surface area contributed by atoms with Crippen LogP contribution in [0.4, 0.5) is 0 Å². The second-order valence-electron chi connectivity index (χ2n) is 4.67. The van der Waals surface area contributed by atoms with Gasteiger partial charge in [-0.2, -0.15) is 0 Å². The average Bonchev–Trinajstić information content (AvgIpc) is 2.42. The van der Waals surface area contributed by atoms with Crippen molar-refractivity contribution in [3.05, 3.63) is 29.8 Å². The van der Waals surface area contributed by atoms with Crippen molar-refractivity contribution in [3.63, 3.8) is 0 Å². The highest BCUT2D eigenvalue weighted by molar-refractivity contribution is 5.96. The number of carbonyl (C=O) groups excluding carboxylic acids is 1. The molecule has 0 spiro atoms. The molecule has 0 radical (unpaired) electrons. The molecule has 1 aromatic carbocycles. The van der Waals surface area contributed by atoms with Gasteiger partial charge in [0, 0.05) is 12.0 Å². The first-order valence-electron chi connectivity index (χ1n) is 6.95. The molecule has 0 aliphatic heterocycles. The van der Waals surface area contributed by atoms with E-state index in [4.69, 9.17) is 4.74 Å². The molecule has 100 valence electrons. The van der Waals surface area contributed by atoms with Crippen LogP contribution in [0.1, 0.15) is 62.2 Å². The first-order valence-corrected chi connectivity index (χ1v) is 6.95. The maximum Gasteiger partial charge on any atom is 0.163 e. The molecule has 0 unspecified atom stereocenters. The zero-order valence-corrected chi connectivity index (χ0v) is 11.6. The van der Waals surface area contributed by atoms with E-state index in [1.807, 2.05) is 24.3 Å². The van der Waals surface area contributed by atoms with E-state index in [1.54, 1.807) is 7.11 Å². The van der Waals surface area contributed by atoms with E-state index in [0.717, 1.165) is 24.2 Å². The maximum atomic E-state index is 11.9. The second-order valence-corrected chi connectivity index (χ2v) is 4.67. The molecular formula is C16H24O2. The molecule has 0 bridgehead atoms. The summed E-state index contributed by atoms with van der Waals surface area (Å²) in [5.74, 6) is 0.980. The predicted molar refractivity (Wildman–Crippen MR) is 75.3 cm³/mol. The number of carbonyl (C=O) groups is 1. The summed E-state index contributed by atoms with van der Waals surface area (Å²) in [4.78, 5) is 11.9. The topological polar surface area (TPSA) is 26.3 Å². The quantitative estimate of drug-likeness (QED) is 0.470. The van der Waals surface area contributed by atoms with Gasteiger partial charge in [0.05, 0.1) is 7.11 Å². The Morgan fingerprint density at radius 2 is 1.83 bits per heavy atom. The zero-order valence-electron chi connectivity index (χ0n) is 11.6. The Kier molecular flexibility index (Phi) is 7.16. The standard InChI is InChI=1S/C16H24O2/c1-3-4-5-6-7-8-12-16(17)14-10-9-11-15(13-14)18-2/h9-11,13H,3-8,12H2,1-2H3. The molecule has 2 heteroatoms. The van der Waals surface area contributed by atoms with Gasteiger partial charge in [-0.25, -0.2) is 0 Å². The SMILES string of the molecule is CCCCCCCCC(=O)c1cccc(OC)c1. The van der Waals surface area contributed by atoms with Crippen LogP contribution >= 0.6 is 0 Å². The van der Waals surface area contributed by atoms with Crippen LogP contribution in [-0.2, 0) is 0 Å². The number of benzene rings is 1. The molecule has 0 aliphatic carbocycles. The van der Waals surface area contributed by atoms with E-state index < -0.39 is 0 Å². The van der Waals surface area contributed by atoms with Gasteiger partial charge in [0.25, 0.3) is 0 Å². The van der Waals surface area contributed by atoms with Gasteiger partial charge in [-0.05, 0) is 18.6 Å². The third-order valence-corrected chi connectivity index (χ3v) is 3.15. The molecule has 1 rings (SSSR count). The molecule has 2 nitrogen and oxygen atoms in total. The maximum absolute atomic E-state index is 11.9. The fourth-order valence-electron chi connectivity index (χ4n) is 2.01. The van der Waals surface area contributed by atoms with E-state index >= 15 is 0 Å². The van der Waals surface area contributed by atoms with Gasteiger partial charge in [-0.1, -0.05) is 51.2 Å². The van der Waals surface area contributed by atoms with E-state index in [1.165, 1.54) is 25.7 Å². The molecule has 0 N–H and O–H groups in total. The highest BCUT2D eigenvalue weighted by Gasteiger charge is 2.06. The number of hydrogen-bond donors (Lipinski definition) is 0. The molecule has 0 aliphatic rings. The normalized spacial score (nSPS) is 10.3. The van der Waals surface area contributed by atoms with Crippen molar-refractivity contribution >= 4 is 5.78 Å². The van der Waals surface area contributed by atoms with Crippen molar-refractivity contribution in [3.8, 4) is 5.75 Å². The van der Waals surface area contributed by atoms with Crippen molar-refractivity contribution in [1.29, 1.82) is 0 Å². The van der Waals surface area contributed by atoms with E-state index in [2.05, 4.69) is 6.92 Å². The van der Waals surface area contributed by atoms with Crippen LogP contribution in [0.2, 0.25) is 0 Å². The third kappa shape index (κ3) is 5.35. The summed E-state index contributed by atoms with van der Waals surface area (Å²) in [6, 6.07) is 7.41. The molecule has 0 atom stereocenters. The molecule has 0 saturated carbocycles. The lowest BCUT2D eigenvalue weighted by Gasteiger charge is -2.04. The Morgan fingerprint density at radius 1 is 1.11 bits per heavy atom. The van der Waals surface area contributed by atoms with Gasteiger partial charge in [-0.15, -0.1) is 0 Å². The fourth-order valence-corrected chi connectivity index (χ4v) is 2.01. The van der Waals surface area contributed by atoms with Crippen molar-refractivity contribution in [2.45, 2.75) is 51.9 Å². The minimum atomic E-state index is 0.226. The summed E-state index contributed by atoms with van der Waals surface area (Å²) in [7, 11) is 1.62. The van der Waals surface area contributed by atoms with Crippen molar-refractivity contribution in [2.24, 2.45) is 0 Å². The summed E-state index contributed by atoms with van der Waals surface area (Å²) in [5, 5.41) is 0. The summed E-state index contributed by atoms with van der Waals surface area (Å²) in [6.07, 6.45) is 7.93. The fraction of sp³-hybridized carbons (Fsp3) is 0.562. The van der Waals surface area contributed by atoms with Crippen molar-refractivity contribution in [2.75, 3.05) is 7.11 Å². The van der Waals surface area contributed by atoms with E-state index in [0.29, 0.717) is 6.42 Å². The van der Waals surface area contributed by atoms with Crippen molar-refractivity contribution < 1.29 is 9.53 Å². The molecule has 0 heterocycles. The zero-order chi connectivity index (χ0) is 13.2. The van der Waals surface area contributed by atoms with Gasteiger partial charge >= 0.3 is 0 Å². The Bertz CT molecular complexity index is 358. The Morgan fingerprint density at radius 3 is 2.56 bits per heavy atom. The van der Waals surface area contributed by atoms with Gasteiger partial charge in [0.1, 0.15) is 5.75 Å². The van der Waals surface area contributed by atoms with Crippen LogP contribution < -0.4 is 4.74 Å². The summed E-state index contributed by atoms with van der Waals surface area (Å²) >= 11 is 0. The summed E-state index contributed by atoms with van der Waals surface area (Å²) in [5.41, 5.74) is 0.767. The molecular weight excluding hydrogens is 224 g/mol. The first kappa shape index (κ1) is 14.7. The van der Waals surface area contributed by atoms with Gasteiger partial charge in [0.2, 0.25) is 0 Å². The number of ketones is 1.